The Morgan fingerprint density at radius 1 is 1.13 bits per heavy atom. The molecule has 0 unspecified atom stereocenters. The summed E-state index contributed by atoms with van der Waals surface area (Å²) in [5, 5.41) is 0. The lowest BCUT2D eigenvalue weighted by molar-refractivity contribution is -0.151. The summed E-state index contributed by atoms with van der Waals surface area (Å²) >= 11 is 0. The van der Waals surface area contributed by atoms with Crippen molar-refractivity contribution in [3.63, 3.8) is 0 Å². The molecule has 3 rings (SSSR count). The Hall–Kier alpha value is -2.74. The number of carbonyl (C=O) groups excluding carboxylic acids is 1. The Morgan fingerprint density at radius 2 is 1.83 bits per heavy atom. The fourth-order valence-corrected chi connectivity index (χ4v) is 3.34. The molecule has 0 aliphatic carbocycles. The van der Waals surface area contributed by atoms with Gasteiger partial charge in [-0.2, -0.15) is 13.2 Å². The third kappa shape index (κ3) is 4.87. The normalized spacial score (nSPS) is 15.2. The van der Waals surface area contributed by atoms with Crippen molar-refractivity contribution in [2.24, 2.45) is 0 Å². The molecule has 0 atom stereocenters. The Bertz CT molecular complexity index is 873. The molecule has 1 heterocycles. The molecule has 1 aliphatic heterocycles. The Labute approximate surface area is 172 Å². The molecular formula is C22H23F3O5. The maximum Gasteiger partial charge on any atom is 0.419 e. The van der Waals surface area contributed by atoms with E-state index >= 15 is 0 Å². The first-order valence-electron chi connectivity index (χ1n) is 9.48. The second kappa shape index (κ2) is 8.95. The predicted octanol–water partition coefficient (Wildman–Crippen LogP) is 4.51. The van der Waals surface area contributed by atoms with E-state index in [0.717, 1.165) is 11.6 Å². The van der Waals surface area contributed by atoms with Crippen LogP contribution in [0.25, 0.3) is 0 Å². The Kier molecular flexibility index (Phi) is 6.55. The molecule has 5 nitrogen and oxygen atoms in total. The molecule has 2 aromatic rings. The van der Waals surface area contributed by atoms with Gasteiger partial charge in [-0.1, -0.05) is 18.2 Å². The molecule has 0 amide bonds. The molecule has 0 N–H and O–H groups in total. The third-order valence-corrected chi connectivity index (χ3v) is 4.99. The number of benzene rings is 2. The van der Waals surface area contributed by atoms with Gasteiger partial charge in [0, 0.05) is 0 Å². The highest BCUT2D eigenvalue weighted by molar-refractivity contribution is 5.72. The maximum atomic E-state index is 13.0. The average Bonchev–Trinajstić information content (AvgIpc) is 2.69. The highest BCUT2D eigenvalue weighted by Crippen LogP contribution is 2.38. The number of carbonyl (C=O) groups is 1. The van der Waals surface area contributed by atoms with Crippen LogP contribution < -0.4 is 9.47 Å². The van der Waals surface area contributed by atoms with E-state index in [4.69, 9.17) is 18.9 Å². The van der Waals surface area contributed by atoms with Crippen LogP contribution in [0.3, 0.4) is 0 Å². The van der Waals surface area contributed by atoms with Gasteiger partial charge in [-0.05, 0) is 42.3 Å². The van der Waals surface area contributed by atoms with Gasteiger partial charge in [0.15, 0.2) is 0 Å². The van der Waals surface area contributed by atoms with Crippen LogP contribution in [-0.4, -0.2) is 32.9 Å². The first-order valence-corrected chi connectivity index (χ1v) is 9.48. The topological polar surface area (TPSA) is 54.0 Å². The van der Waals surface area contributed by atoms with Crippen molar-refractivity contribution in [3.05, 3.63) is 59.2 Å². The minimum Gasteiger partial charge on any atom is -0.496 e. The fourth-order valence-electron chi connectivity index (χ4n) is 3.34. The van der Waals surface area contributed by atoms with E-state index in [9.17, 15) is 18.0 Å². The van der Waals surface area contributed by atoms with Crippen molar-refractivity contribution in [2.75, 3.05) is 26.9 Å². The summed E-state index contributed by atoms with van der Waals surface area (Å²) in [6.07, 6.45) is -4.24. The van der Waals surface area contributed by atoms with Crippen LogP contribution in [0.1, 0.15) is 30.0 Å². The van der Waals surface area contributed by atoms with Crippen LogP contribution in [-0.2, 0) is 32.5 Å². The van der Waals surface area contributed by atoms with E-state index in [1.165, 1.54) is 19.2 Å². The SMILES string of the molecule is CCOC(=O)CC1(c2ccc(OCc3ccc(C(F)(F)F)c(OC)c3)cc2)COC1. The van der Waals surface area contributed by atoms with Crippen LogP contribution in [0, 0.1) is 0 Å². The van der Waals surface area contributed by atoms with E-state index < -0.39 is 17.2 Å². The van der Waals surface area contributed by atoms with E-state index in [0.29, 0.717) is 31.1 Å². The summed E-state index contributed by atoms with van der Waals surface area (Å²) in [4.78, 5) is 11.9. The van der Waals surface area contributed by atoms with Crippen LogP contribution in [0.5, 0.6) is 11.5 Å². The molecule has 0 bridgehead atoms. The fraction of sp³-hybridized carbons (Fsp3) is 0.409. The second-order valence-corrected chi connectivity index (χ2v) is 7.10. The molecule has 8 heteroatoms. The Balaban J connectivity index is 1.66. The zero-order chi connectivity index (χ0) is 21.8. The molecular weight excluding hydrogens is 401 g/mol. The van der Waals surface area contributed by atoms with E-state index in [-0.39, 0.29) is 24.7 Å². The van der Waals surface area contributed by atoms with Gasteiger partial charge < -0.3 is 18.9 Å². The minimum absolute atomic E-state index is 0.0882. The first kappa shape index (κ1) is 22.0. The largest absolute Gasteiger partial charge is 0.496 e. The van der Waals surface area contributed by atoms with Gasteiger partial charge in [-0.15, -0.1) is 0 Å². The van der Waals surface area contributed by atoms with Crippen molar-refractivity contribution >= 4 is 5.97 Å². The summed E-state index contributed by atoms with van der Waals surface area (Å²) in [6.45, 7) is 3.07. The Morgan fingerprint density at radius 3 is 2.37 bits per heavy atom. The summed E-state index contributed by atoms with van der Waals surface area (Å²) in [5.41, 5.74) is 0.277. The molecule has 0 radical (unpaired) electrons. The zero-order valence-corrected chi connectivity index (χ0v) is 16.8. The lowest BCUT2D eigenvalue weighted by Crippen LogP contribution is -2.48. The highest BCUT2D eigenvalue weighted by Gasteiger charge is 2.42. The summed E-state index contributed by atoms with van der Waals surface area (Å²) in [6, 6.07) is 10.9. The van der Waals surface area contributed by atoms with Crippen molar-refractivity contribution < 1.29 is 36.9 Å². The van der Waals surface area contributed by atoms with Crippen LogP contribution in [0.2, 0.25) is 0 Å². The summed E-state index contributed by atoms with van der Waals surface area (Å²) < 4.78 is 59.8. The van der Waals surface area contributed by atoms with Crippen molar-refractivity contribution in [1.29, 1.82) is 0 Å². The number of halogens is 3. The van der Waals surface area contributed by atoms with Crippen LogP contribution >= 0.6 is 0 Å². The molecule has 1 aliphatic rings. The molecule has 1 saturated heterocycles. The van der Waals surface area contributed by atoms with E-state index in [1.807, 2.05) is 12.1 Å². The highest BCUT2D eigenvalue weighted by atomic mass is 19.4. The maximum absolute atomic E-state index is 13.0. The number of hydrogen-bond donors (Lipinski definition) is 0. The molecule has 0 aromatic heterocycles. The van der Waals surface area contributed by atoms with Gasteiger partial charge in [0.2, 0.25) is 0 Å². The second-order valence-electron chi connectivity index (χ2n) is 7.10. The first-order chi connectivity index (χ1) is 14.3. The lowest BCUT2D eigenvalue weighted by Gasteiger charge is -2.41. The van der Waals surface area contributed by atoms with Crippen molar-refractivity contribution in [2.45, 2.75) is 31.5 Å². The summed E-state index contributed by atoms with van der Waals surface area (Å²) in [5.74, 6) is 0.0476. The van der Waals surface area contributed by atoms with Crippen LogP contribution in [0.15, 0.2) is 42.5 Å². The number of ether oxygens (including phenoxy) is 4. The van der Waals surface area contributed by atoms with Crippen molar-refractivity contribution in [3.8, 4) is 11.5 Å². The van der Waals surface area contributed by atoms with Gasteiger partial charge in [0.1, 0.15) is 18.1 Å². The molecule has 162 valence electrons. The zero-order valence-electron chi connectivity index (χ0n) is 16.8. The third-order valence-electron chi connectivity index (χ3n) is 4.99. The standard InChI is InChI=1S/C22H23F3O5/c1-3-29-20(26)11-21(13-28-14-21)16-5-7-17(8-6-16)30-12-15-4-9-18(22(23,24)25)19(10-15)27-2/h4-10H,3,11-14H2,1-2H3. The number of rotatable bonds is 8. The molecule has 1 fully saturated rings. The smallest absolute Gasteiger partial charge is 0.419 e. The predicted molar refractivity (Wildman–Crippen MR) is 103 cm³/mol. The van der Waals surface area contributed by atoms with E-state index in [2.05, 4.69) is 0 Å². The van der Waals surface area contributed by atoms with Gasteiger partial charge in [-0.3, -0.25) is 4.79 Å². The average molecular weight is 424 g/mol. The molecule has 2 aromatic carbocycles. The lowest BCUT2D eigenvalue weighted by atomic mass is 9.76. The molecule has 0 spiro atoms. The number of hydrogen-bond acceptors (Lipinski definition) is 5. The molecule has 30 heavy (non-hydrogen) atoms. The van der Waals surface area contributed by atoms with Gasteiger partial charge in [-0.25, -0.2) is 0 Å². The summed E-state index contributed by atoms with van der Waals surface area (Å²) in [7, 11) is 1.20. The quantitative estimate of drug-likeness (QED) is 0.584. The number of alkyl halides is 3. The van der Waals surface area contributed by atoms with Gasteiger partial charge >= 0.3 is 12.1 Å². The molecule has 0 saturated carbocycles. The van der Waals surface area contributed by atoms with Gasteiger partial charge in [0.05, 0.1) is 44.3 Å². The van der Waals surface area contributed by atoms with Gasteiger partial charge in [0.25, 0.3) is 0 Å². The number of esters is 1. The van der Waals surface area contributed by atoms with Crippen molar-refractivity contribution in [1.82, 2.24) is 0 Å². The van der Waals surface area contributed by atoms with E-state index in [1.54, 1.807) is 19.1 Å². The minimum atomic E-state index is -4.48. The monoisotopic (exact) mass is 424 g/mol. The number of methoxy groups -OCH3 is 1. The van der Waals surface area contributed by atoms with Crippen LogP contribution in [0.4, 0.5) is 13.2 Å².